The van der Waals surface area contributed by atoms with E-state index in [0.29, 0.717) is 11.6 Å². The van der Waals surface area contributed by atoms with Crippen LogP contribution in [-0.2, 0) is 5.41 Å². The minimum atomic E-state index is 0.0759. The minimum absolute atomic E-state index is 0.0759. The van der Waals surface area contributed by atoms with Crippen molar-refractivity contribution in [2.75, 3.05) is 0 Å². The lowest BCUT2D eigenvalue weighted by Gasteiger charge is -2.20. The number of hydrogen-bond donors (Lipinski definition) is 0. The third-order valence-electron chi connectivity index (χ3n) is 2.11. The molecule has 0 atom stereocenters. The molecule has 0 aliphatic carbocycles. The molecular weight excluding hydrogens is 178 g/mol. The molecule has 1 aromatic rings. The summed E-state index contributed by atoms with van der Waals surface area (Å²) in [5.41, 5.74) is 1.21. The van der Waals surface area contributed by atoms with Gasteiger partial charge < -0.3 is 9.47 Å². The number of pyridine rings is 1. The Morgan fingerprint density at radius 3 is 2.57 bits per heavy atom. The van der Waals surface area contributed by atoms with Crippen LogP contribution in [0.25, 0.3) is 0 Å². The van der Waals surface area contributed by atoms with E-state index in [1.165, 1.54) is 12.5 Å². The first-order valence-corrected chi connectivity index (χ1v) is 4.56. The fourth-order valence-corrected chi connectivity index (χ4v) is 1.21. The molecule has 2 heterocycles. The Labute approximate surface area is 83.4 Å². The standard InChI is InChI=1S/C11H13NO2/c1-11(2,3)8-6-9-10(12-7-8)14-5-4-13-9/h4-7H,1-3H3. The van der Waals surface area contributed by atoms with E-state index in [2.05, 4.69) is 25.8 Å². The molecule has 1 aromatic heterocycles. The van der Waals surface area contributed by atoms with Crippen molar-refractivity contribution in [3.63, 3.8) is 0 Å². The lowest BCUT2D eigenvalue weighted by molar-refractivity contribution is 0.348. The van der Waals surface area contributed by atoms with Crippen molar-refractivity contribution in [3.05, 3.63) is 30.4 Å². The highest BCUT2D eigenvalue weighted by Crippen LogP contribution is 2.32. The molecule has 0 aromatic carbocycles. The van der Waals surface area contributed by atoms with Gasteiger partial charge in [0, 0.05) is 6.20 Å². The van der Waals surface area contributed by atoms with Crippen LogP contribution < -0.4 is 9.47 Å². The largest absolute Gasteiger partial charge is 0.456 e. The summed E-state index contributed by atoms with van der Waals surface area (Å²) >= 11 is 0. The van der Waals surface area contributed by atoms with Gasteiger partial charge in [0.2, 0.25) is 0 Å². The molecular formula is C11H13NO2. The van der Waals surface area contributed by atoms with Gasteiger partial charge >= 0.3 is 0 Å². The molecule has 3 heteroatoms. The number of fused-ring (bicyclic) bond motifs is 1. The van der Waals surface area contributed by atoms with Crippen LogP contribution in [0.3, 0.4) is 0 Å². The molecule has 0 N–H and O–H groups in total. The van der Waals surface area contributed by atoms with Gasteiger partial charge in [-0.1, -0.05) is 20.8 Å². The molecule has 0 saturated carbocycles. The molecule has 0 amide bonds. The van der Waals surface area contributed by atoms with E-state index in [1.54, 1.807) is 0 Å². The molecule has 1 aliphatic heterocycles. The van der Waals surface area contributed by atoms with Gasteiger partial charge in [-0.3, -0.25) is 0 Å². The first kappa shape index (κ1) is 9.06. The van der Waals surface area contributed by atoms with Crippen LogP contribution in [-0.4, -0.2) is 4.98 Å². The predicted octanol–water partition coefficient (Wildman–Crippen LogP) is 2.62. The Hall–Kier alpha value is -1.51. The summed E-state index contributed by atoms with van der Waals surface area (Å²) in [5.74, 6) is 1.21. The van der Waals surface area contributed by atoms with E-state index in [1.807, 2.05) is 12.3 Å². The topological polar surface area (TPSA) is 31.4 Å². The summed E-state index contributed by atoms with van der Waals surface area (Å²) in [6, 6.07) is 1.96. The summed E-state index contributed by atoms with van der Waals surface area (Å²) in [5, 5.41) is 0. The normalized spacial score (nSPS) is 14.2. The van der Waals surface area contributed by atoms with Crippen molar-refractivity contribution < 1.29 is 9.47 Å². The highest BCUT2D eigenvalue weighted by molar-refractivity contribution is 5.40. The zero-order valence-electron chi connectivity index (χ0n) is 8.57. The molecule has 74 valence electrons. The van der Waals surface area contributed by atoms with Gasteiger partial charge in [-0.15, -0.1) is 0 Å². The molecule has 0 bridgehead atoms. The van der Waals surface area contributed by atoms with Gasteiger partial charge in [-0.25, -0.2) is 4.98 Å². The quantitative estimate of drug-likeness (QED) is 0.631. The van der Waals surface area contributed by atoms with Crippen molar-refractivity contribution in [1.29, 1.82) is 0 Å². The fraction of sp³-hybridized carbons (Fsp3) is 0.364. The van der Waals surface area contributed by atoms with Crippen LogP contribution in [0.4, 0.5) is 0 Å². The highest BCUT2D eigenvalue weighted by Gasteiger charge is 2.18. The minimum Gasteiger partial charge on any atom is -0.456 e. The Bertz CT molecular complexity index is 377. The fourth-order valence-electron chi connectivity index (χ4n) is 1.21. The summed E-state index contributed by atoms with van der Waals surface area (Å²) in [6.07, 6.45) is 4.81. The second kappa shape index (κ2) is 3.01. The predicted molar refractivity (Wildman–Crippen MR) is 53.3 cm³/mol. The number of rotatable bonds is 0. The van der Waals surface area contributed by atoms with Gasteiger partial charge in [-0.2, -0.15) is 0 Å². The zero-order valence-corrected chi connectivity index (χ0v) is 8.57. The van der Waals surface area contributed by atoms with E-state index in [0.717, 1.165) is 5.56 Å². The van der Waals surface area contributed by atoms with Crippen molar-refractivity contribution in [3.8, 4) is 11.6 Å². The Kier molecular flexibility index (Phi) is 1.95. The monoisotopic (exact) mass is 191 g/mol. The van der Waals surface area contributed by atoms with E-state index < -0.39 is 0 Å². The van der Waals surface area contributed by atoms with E-state index in [-0.39, 0.29) is 5.41 Å². The van der Waals surface area contributed by atoms with Crippen LogP contribution in [0.15, 0.2) is 24.8 Å². The Morgan fingerprint density at radius 2 is 1.86 bits per heavy atom. The second-order valence-corrected chi connectivity index (χ2v) is 4.29. The van der Waals surface area contributed by atoms with Crippen molar-refractivity contribution in [2.24, 2.45) is 0 Å². The first-order chi connectivity index (χ1) is 6.57. The van der Waals surface area contributed by atoms with E-state index in [4.69, 9.17) is 9.47 Å². The lowest BCUT2D eigenvalue weighted by Crippen LogP contribution is -2.12. The number of ether oxygens (including phenoxy) is 2. The summed E-state index contributed by atoms with van der Waals surface area (Å²) in [6.45, 7) is 6.40. The summed E-state index contributed by atoms with van der Waals surface area (Å²) in [7, 11) is 0. The smallest absolute Gasteiger partial charge is 0.262 e. The third kappa shape index (κ3) is 1.58. The molecule has 14 heavy (non-hydrogen) atoms. The van der Waals surface area contributed by atoms with Gasteiger partial charge in [-0.05, 0) is 17.0 Å². The second-order valence-electron chi connectivity index (χ2n) is 4.29. The lowest BCUT2D eigenvalue weighted by atomic mass is 9.88. The molecule has 0 fully saturated rings. The van der Waals surface area contributed by atoms with Gasteiger partial charge in [0.25, 0.3) is 5.88 Å². The Balaban J connectivity index is 2.41. The van der Waals surface area contributed by atoms with Gasteiger partial charge in [0.1, 0.15) is 12.5 Å². The summed E-state index contributed by atoms with van der Waals surface area (Å²) in [4.78, 5) is 4.19. The van der Waals surface area contributed by atoms with Crippen LogP contribution in [0.1, 0.15) is 26.3 Å². The number of nitrogens with zero attached hydrogens (tertiary/aromatic N) is 1. The van der Waals surface area contributed by atoms with Crippen molar-refractivity contribution >= 4 is 0 Å². The maximum absolute atomic E-state index is 5.29. The van der Waals surface area contributed by atoms with Crippen LogP contribution >= 0.6 is 0 Å². The van der Waals surface area contributed by atoms with Gasteiger partial charge in [0.05, 0.1) is 0 Å². The molecule has 2 rings (SSSR count). The van der Waals surface area contributed by atoms with E-state index >= 15 is 0 Å². The molecule has 0 spiro atoms. The van der Waals surface area contributed by atoms with Crippen LogP contribution in [0, 0.1) is 0 Å². The molecule has 1 aliphatic rings. The molecule has 3 nitrogen and oxygen atoms in total. The van der Waals surface area contributed by atoms with Gasteiger partial charge in [0.15, 0.2) is 5.75 Å². The average molecular weight is 191 g/mol. The Morgan fingerprint density at radius 1 is 1.14 bits per heavy atom. The zero-order chi connectivity index (χ0) is 10.2. The first-order valence-electron chi connectivity index (χ1n) is 4.56. The van der Waals surface area contributed by atoms with Crippen LogP contribution in [0.5, 0.6) is 11.6 Å². The van der Waals surface area contributed by atoms with Crippen molar-refractivity contribution in [2.45, 2.75) is 26.2 Å². The average Bonchev–Trinajstić information content (AvgIpc) is 2.16. The van der Waals surface area contributed by atoms with Crippen LogP contribution in [0.2, 0.25) is 0 Å². The number of aromatic nitrogens is 1. The molecule has 0 saturated heterocycles. The highest BCUT2D eigenvalue weighted by atomic mass is 16.5. The maximum atomic E-state index is 5.29. The molecule has 0 radical (unpaired) electrons. The SMILES string of the molecule is CC(C)(C)c1cnc2c(c1)OC=CO2. The maximum Gasteiger partial charge on any atom is 0.262 e. The van der Waals surface area contributed by atoms with Crippen molar-refractivity contribution in [1.82, 2.24) is 4.98 Å². The third-order valence-corrected chi connectivity index (χ3v) is 2.11. The summed E-state index contributed by atoms with van der Waals surface area (Å²) < 4.78 is 10.5. The molecule has 0 unspecified atom stereocenters. The van der Waals surface area contributed by atoms with E-state index in [9.17, 15) is 0 Å². The number of hydrogen-bond acceptors (Lipinski definition) is 3.